The Bertz CT molecular complexity index is 367. The maximum absolute atomic E-state index is 11.9. The highest BCUT2D eigenvalue weighted by molar-refractivity contribution is 5.90. The molecule has 1 rings (SSSR count). The Kier molecular flexibility index (Phi) is 7.58. The molecule has 0 atom stereocenters. The maximum atomic E-state index is 11.9. The van der Waals surface area contributed by atoms with E-state index in [4.69, 9.17) is 9.47 Å². The molecule has 0 heterocycles. The number of rotatable bonds is 9. The third-order valence-corrected chi connectivity index (χ3v) is 2.44. The van der Waals surface area contributed by atoms with Crippen molar-refractivity contribution < 1.29 is 18.7 Å². The van der Waals surface area contributed by atoms with Crippen LogP contribution in [0.2, 0.25) is 0 Å². The molecule has 1 amide bonds. The summed E-state index contributed by atoms with van der Waals surface area (Å²) < 4.78 is 22.1. The summed E-state index contributed by atoms with van der Waals surface area (Å²) in [5.41, 5.74) is 0.722. The molecule has 0 spiro atoms. The third kappa shape index (κ3) is 6.76. The number of ether oxygens (including phenoxy) is 2. The molecule has 106 valence electrons. The van der Waals surface area contributed by atoms with E-state index < -0.39 is 0 Å². The number of alkyl halides is 1. The quantitative estimate of drug-likeness (QED) is 0.701. The van der Waals surface area contributed by atoms with Crippen molar-refractivity contribution in [2.45, 2.75) is 19.3 Å². The van der Waals surface area contributed by atoms with E-state index in [2.05, 4.69) is 5.32 Å². The van der Waals surface area contributed by atoms with Crippen molar-refractivity contribution in [2.24, 2.45) is 0 Å². The van der Waals surface area contributed by atoms with E-state index in [1.165, 1.54) is 0 Å². The van der Waals surface area contributed by atoms with Gasteiger partial charge in [0, 0.05) is 32.2 Å². The van der Waals surface area contributed by atoms with E-state index in [0.717, 1.165) is 5.69 Å². The van der Waals surface area contributed by atoms with E-state index in [-0.39, 0.29) is 12.6 Å². The molecular formula is C14H20FNO3. The van der Waals surface area contributed by atoms with Gasteiger partial charge in [-0.1, -0.05) is 0 Å². The Balaban J connectivity index is 2.32. The van der Waals surface area contributed by atoms with Gasteiger partial charge >= 0.3 is 0 Å². The summed E-state index contributed by atoms with van der Waals surface area (Å²) in [7, 11) is 1.61. The number of nitrogens with one attached hydrogen (secondary N) is 1. The van der Waals surface area contributed by atoms with Crippen LogP contribution in [0.1, 0.15) is 19.3 Å². The van der Waals surface area contributed by atoms with Crippen molar-refractivity contribution in [3.8, 4) is 5.75 Å². The molecule has 1 aromatic carbocycles. The van der Waals surface area contributed by atoms with E-state index in [0.29, 0.717) is 38.2 Å². The summed E-state index contributed by atoms with van der Waals surface area (Å²) in [6, 6.07) is 7.03. The first-order valence-electron chi connectivity index (χ1n) is 6.34. The largest absolute Gasteiger partial charge is 0.493 e. The first kappa shape index (κ1) is 15.4. The van der Waals surface area contributed by atoms with Gasteiger partial charge in [-0.25, -0.2) is 0 Å². The minimum absolute atomic E-state index is 0.0388. The summed E-state index contributed by atoms with van der Waals surface area (Å²) in [5.74, 6) is 0.633. The Morgan fingerprint density at radius 1 is 1.21 bits per heavy atom. The Morgan fingerprint density at radius 3 is 2.58 bits per heavy atom. The molecule has 0 saturated heterocycles. The number of benzene rings is 1. The van der Waals surface area contributed by atoms with Crippen LogP contribution >= 0.6 is 0 Å². The van der Waals surface area contributed by atoms with Gasteiger partial charge in [0.05, 0.1) is 13.3 Å². The van der Waals surface area contributed by atoms with Crippen LogP contribution in [0, 0.1) is 0 Å². The molecule has 0 saturated carbocycles. The number of hydrogen-bond acceptors (Lipinski definition) is 3. The summed E-state index contributed by atoms with van der Waals surface area (Å²) in [4.78, 5) is 11.5. The van der Waals surface area contributed by atoms with Crippen LogP contribution in [0.5, 0.6) is 5.75 Å². The van der Waals surface area contributed by atoms with Crippen molar-refractivity contribution in [1.82, 2.24) is 0 Å². The zero-order valence-electron chi connectivity index (χ0n) is 11.2. The predicted molar refractivity (Wildman–Crippen MR) is 72.3 cm³/mol. The van der Waals surface area contributed by atoms with Crippen molar-refractivity contribution in [2.75, 3.05) is 32.3 Å². The Morgan fingerprint density at radius 2 is 1.95 bits per heavy atom. The summed E-state index contributed by atoms with van der Waals surface area (Å²) >= 11 is 0. The van der Waals surface area contributed by atoms with Gasteiger partial charge in [-0.15, -0.1) is 0 Å². The number of anilines is 1. The zero-order chi connectivity index (χ0) is 13.9. The maximum Gasteiger partial charge on any atom is 0.224 e. The van der Waals surface area contributed by atoms with E-state index in [1.807, 2.05) is 0 Å². The summed E-state index contributed by atoms with van der Waals surface area (Å²) in [5, 5.41) is 2.79. The van der Waals surface area contributed by atoms with Crippen LogP contribution in [0.4, 0.5) is 10.1 Å². The fourth-order valence-electron chi connectivity index (χ4n) is 1.48. The minimum Gasteiger partial charge on any atom is -0.493 e. The lowest BCUT2D eigenvalue weighted by molar-refractivity contribution is -0.116. The number of hydrogen-bond donors (Lipinski definition) is 1. The molecule has 1 aromatic rings. The Labute approximate surface area is 112 Å². The highest BCUT2D eigenvalue weighted by Crippen LogP contribution is 2.16. The number of carbonyl (C=O) groups excluding carboxylic acids is 1. The van der Waals surface area contributed by atoms with Crippen LogP contribution in [0.25, 0.3) is 0 Å². The number of halogens is 1. The molecule has 0 radical (unpaired) electrons. The standard InChI is InChI=1S/C14H20FNO3/c1-18-10-2-4-14(17)16-12-5-7-13(8-6-12)19-11-3-9-15/h5-8H,2-4,9-11H2,1H3,(H,16,17). The molecule has 0 fully saturated rings. The topological polar surface area (TPSA) is 47.6 Å². The lowest BCUT2D eigenvalue weighted by atomic mass is 10.2. The van der Waals surface area contributed by atoms with Gasteiger partial charge in [-0.3, -0.25) is 9.18 Å². The second-order valence-electron chi connectivity index (χ2n) is 4.06. The fourth-order valence-corrected chi connectivity index (χ4v) is 1.48. The predicted octanol–water partition coefficient (Wildman–Crippen LogP) is 2.79. The van der Waals surface area contributed by atoms with Crippen LogP contribution in [-0.2, 0) is 9.53 Å². The third-order valence-electron chi connectivity index (χ3n) is 2.44. The molecule has 5 heteroatoms. The van der Waals surface area contributed by atoms with Gasteiger partial charge in [0.25, 0.3) is 0 Å². The number of methoxy groups -OCH3 is 1. The van der Waals surface area contributed by atoms with Crippen LogP contribution in [0.3, 0.4) is 0 Å². The molecule has 19 heavy (non-hydrogen) atoms. The highest BCUT2D eigenvalue weighted by atomic mass is 19.1. The second kappa shape index (κ2) is 9.33. The van der Waals surface area contributed by atoms with Crippen molar-refractivity contribution >= 4 is 11.6 Å². The average Bonchev–Trinajstić information content (AvgIpc) is 2.41. The Hall–Kier alpha value is -1.62. The smallest absolute Gasteiger partial charge is 0.224 e. The van der Waals surface area contributed by atoms with Crippen LogP contribution < -0.4 is 10.1 Å². The molecular weight excluding hydrogens is 249 g/mol. The van der Waals surface area contributed by atoms with E-state index >= 15 is 0 Å². The molecule has 0 bridgehead atoms. The molecule has 0 aliphatic carbocycles. The van der Waals surface area contributed by atoms with Crippen molar-refractivity contribution in [1.29, 1.82) is 0 Å². The molecule has 0 aromatic heterocycles. The van der Waals surface area contributed by atoms with Crippen molar-refractivity contribution in [3.05, 3.63) is 24.3 Å². The van der Waals surface area contributed by atoms with Gasteiger partial charge in [-0.2, -0.15) is 0 Å². The normalized spacial score (nSPS) is 10.2. The van der Waals surface area contributed by atoms with Gasteiger partial charge in [0.15, 0.2) is 0 Å². The zero-order valence-corrected chi connectivity index (χ0v) is 11.2. The van der Waals surface area contributed by atoms with Crippen LogP contribution in [-0.4, -0.2) is 32.9 Å². The van der Waals surface area contributed by atoms with Gasteiger partial charge < -0.3 is 14.8 Å². The first-order chi connectivity index (χ1) is 9.26. The van der Waals surface area contributed by atoms with Crippen molar-refractivity contribution in [3.63, 3.8) is 0 Å². The number of carbonyl (C=O) groups is 1. The monoisotopic (exact) mass is 269 g/mol. The molecule has 1 N–H and O–H groups in total. The van der Waals surface area contributed by atoms with E-state index in [9.17, 15) is 9.18 Å². The minimum atomic E-state index is -0.379. The summed E-state index contributed by atoms with van der Waals surface area (Å²) in [6.07, 6.45) is 1.52. The molecule has 0 aliphatic heterocycles. The van der Waals surface area contributed by atoms with Gasteiger partial charge in [0.2, 0.25) is 5.91 Å². The lowest BCUT2D eigenvalue weighted by Crippen LogP contribution is -2.11. The van der Waals surface area contributed by atoms with Crippen LogP contribution in [0.15, 0.2) is 24.3 Å². The van der Waals surface area contributed by atoms with Gasteiger partial charge in [0.1, 0.15) is 5.75 Å². The fraction of sp³-hybridized carbons (Fsp3) is 0.500. The van der Waals surface area contributed by atoms with E-state index in [1.54, 1.807) is 31.4 Å². The highest BCUT2D eigenvalue weighted by Gasteiger charge is 2.02. The number of amides is 1. The molecule has 0 aliphatic rings. The second-order valence-corrected chi connectivity index (χ2v) is 4.06. The SMILES string of the molecule is COCCCC(=O)Nc1ccc(OCCCF)cc1. The lowest BCUT2D eigenvalue weighted by Gasteiger charge is -2.07. The molecule has 4 nitrogen and oxygen atoms in total. The molecule has 0 unspecified atom stereocenters. The average molecular weight is 269 g/mol. The van der Waals surface area contributed by atoms with Gasteiger partial charge in [-0.05, 0) is 30.7 Å². The first-order valence-corrected chi connectivity index (χ1v) is 6.34. The summed E-state index contributed by atoms with van der Waals surface area (Å²) in [6.45, 7) is 0.559.